The summed E-state index contributed by atoms with van der Waals surface area (Å²) in [5.74, 6) is 0.522. The van der Waals surface area contributed by atoms with E-state index in [1.54, 1.807) is 24.2 Å². The van der Waals surface area contributed by atoms with Crippen molar-refractivity contribution >= 4 is 18.3 Å². The molecule has 0 bridgehead atoms. The maximum Gasteiger partial charge on any atom is 0.415 e. The van der Waals surface area contributed by atoms with Crippen molar-refractivity contribution in [3.05, 3.63) is 23.9 Å². The molecule has 6 heteroatoms. The zero-order valence-electron chi connectivity index (χ0n) is 13.6. The fraction of sp³-hybridized carbons (Fsp3) is 0.562. The molecule has 1 aromatic rings. The number of nitrogens with zero attached hydrogens (tertiary/aromatic N) is 3. The number of hydrogen-bond donors (Lipinski definition) is 0. The molecular weight excluding hydrogens is 282 g/mol. The van der Waals surface area contributed by atoms with Gasteiger partial charge < -0.3 is 9.64 Å². The monoisotopic (exact) mass is 305 g/mol. The maximum atomic E-state index is 12.0. The average Bonchev–Trinajstić information content (AvgIpc) is 2.93. The Balaban J connectivity index is 2.08. The number of carbonyl (C=O) groups excluding carboxylic acids is 2. The second-order valence-electron chi connectivity index (χ2n) is 6.49. The van der Waals surface area contributed by atoms with Gasteiger partial charge >= 0.3 is 6.09 Å². The molecule has 0 radical (unpaired) electrons. The lowest BCUT2D eigenvalue weighted by atomic mass is 10.1. The van der Waals surface area contributed by atoms with E-state index in [-0.39, 0.29) is 6.04 Å². The number of pyridine rings is 1. The minimum Gasteiger partial charge on any atom is -0.443 e. The van der Waals surface area contributed by atoms with Crippen LogP contribution in [0, 0.1) is 0 Å². The van der Waals surface area contributed by atoms with Crippen LogP contribution in [0.5, 0.6) is 0 Å². The van der Waals surface area contributed by atoms with Gasteiger partial charge in [0.05, 0.1) is 6.04 Å². The maximum absolute atomic E-state index is 12.0. The standard InChI is InChI=1S/C16H23N3O3/c1-16(2,3)22-15(21)18(4)14-8-7-12(10-17-14)13-6-5-9-19(13)11-20/h7-8,10-11,13H,5-6,9H2,1-4H3/t13-/m0/s1. The van der Waals surface area contributed by atoms with Gasteiger partial charge in [-0.25, -0.2) is 9.78 Å². The largest absolute Gasteiger partial charge is 0.443 e. The highest BCUT2D eigenvalue weighted by Crippen LogP contribution is 2.30. The van der Waals surface area contributed by atoms with Crippen molar-refractivity contribution in [1.29, 1.82) is 0 Å². The topological polar surface area (TPSA) is 62.7 Å². The lowest BCUT2D eigenvalue weighted by Gasteiger charge is -2.24. The first-order valence-electron chi connectivity index (χ1n) is 7.45. The number of amides is 2. The molecule has 22 heavy (non-hydrogen) atoms. The Labute approximate surface area is 131 Å². The molecule has 1 saturated heterocycles. The predicted octanol–water partition coefficient (Wildman–Crippen LogP) is 2.75. The number of carbonyl (C=O) groups is 2. The van der Waals surface area contributed by atoms with Crippen LogP contribution in [0.25, 0.3) is 0 Å². The molecule has 1 aliphatic rings. The Kier molecular flexibility index (Phi) is 4.68. The van der Waals surface area contributed by atoms with E-state index in [1.165, 1.54) is 4.90 Å². The van der Waals surface area contributed by atoms with Gasteiger partial charge in [0.2, 0.25) is 6.41 Å². The van der Waals surface area contributed by atoms with E-state index in [9.17, 15) is 9.59 Å². The van der Waals surface area contributed by atoms with Crippen molar-refractivity contribution in [2.45, 2.75) is 45.3 Å². The molecule has 0 aliphatic carbocycles. The van der Waals surface area contributed by atoms with E-state index in [0.29, 0.717) is 5.82 Å². The number of likely N-dealkylation sites (tertiary alicyclic amines) is 1. The highest BCUT2D eigenvalue weighted by molar-refractivity contribution is 5.85. The molecule has 2 heterocycles. The summed E-state index contributed by atoms with van der Waals surface area (Å²) in [6, 6.07) is 3.78. The summed E-state index contributed by atoms with van der Waals surface area (Å²) >= 11 is 0. The average molecular weight is 305 g/mol. The Hall–Kier alpha value is -2.11. The number of hydrogen-bond acceptors (Lipinski definition) is 4. The zero-order chi connectivity index (χ0) is 16.3. The third-order valence-electron chi connectivity index (χ3n) is 3.60. The van der Waals surface area contributed by atoms with Crippen LogP contribution < -0.4 is 4.90 Å². The fourth-order valence-electron chi connectivity index (χ4n) is 2.49. The molecule has 1 atom stereocenters. The molecule has 1 aromatic heterocycles. The summed E-state index contributed by atoms with van der Waals surface area (Å²) in [4.78, 5) is 30.5. The SMILES string of the molecule is CN(C(=O)OC(C)(C)C)c1ccc([C@@H]2CCCN2C=O)cn1. The van der Waals surface area contributed by atoms with Crippen molar-refractivity contribution < 1.29 is 14.3 Å². The molecule has 0 unspecified atom stereocenters. The Morgan fingerprint density at radius 2 is 2.18 bits per heavy atom. The Morgan fingerprint density at radius 3 is 2.73 bits per heavy atom. The van der Waals surface area contributed by atoms with Gasteiger partial charge in [-0.1, -0.05) is 6.07 Å². The first-order chi connectivity index (χ1) is 10.3. The minimum absolute atomic E-state index is 0.0888. The smallest absolute Gasteiger partial charge is 0.415 e. The Morgan fingerprint density at radius 1 is 1.45 bits per heavy atom. The summed E-state index contributed by atoms with van der Waals surface area (Å²) in [6.45, 7) is 6.25. The van der Waals surface area contributed by atoms with Gasteiger partial charge in [0.15, 0.2) is 0 Å². The van der Waals surface area contributed by atoms with Crippen LogP contribution in [0.1, 0.15) is 45.2 Å². The third-order valence-corrected chi connectivity index (χ3v) is 3.60. The normalized spacial score (nSPS) is 18.2. The van der Waals surface area contributed by atoms with Crippen LogP contribution in [0.4, 0.5) is 10.6 Å². The molecule has 1 aliphatic heterocycles. The predicted molar refractivity (Wildman–Crippen MR) is 83.6 cm³/mol. The van der Waals surface area contributed by atoms with Gasteiger partial charge in [-0.05, 0) is 45.2 Å². The molecule has 6 nitrogen and oxygen atoms in total. The summed E-state index contributed by atoms with van der Waals surface area (Å²) in [7, 11) is 1.63. The van der Waals surface area contributed by atoms with Crippen LogP contribution in [0.15, 0.2) is 18.3 Å². The van der Waals surface area contributed by atoms with Gasteiger partial charge in [0.25, 0.3) is 0 Å². The summed E-state index contributed by atoms with van der Waals surface area (Å²) in [5, 5.41) is 0. The molecule has 2 amide bonds. The molecule has 2 rings (SSSR count). The minimum atomic E-state index is -0.542. The number of rotatable bonds is 3. The Bertz CT molecular complexity index is 537. The molecule has 0 aromatic carbocycles. The van der Waals surface area contributed by atoms with Gasteiger partial charge in [0, 0.05) is 19.8 Å². The van der Waals surface area contributed by atoms with E-state index in [1.807, 2.05) is 26.8 Å². The molecule has 0 N–H and O–H groups in total. The van der Waals surface area contributed by atoms with E-state index in [0.717, 1.165) is 31.4 Å². The van der Waals surface area contributed by atoms with Crippen molar-refractivity contribution in [3.63, 3.8) is 0 Å². The van der Waals surface area contributed by atoms with Crippen molar-refractivity contribution in [1.82, 2.24) is 9.88 Å². The second-order valence-corrected chi connectivity index (χ2v) is 6.49. The molecule has 1 fully saturated rings. The van der Waals surface area contributed by atoms with E-state index in [4.69, 9.17) is 4.74 Å². The molecular formula is C16H23N3O3. The number of anilines is 1. The van der Waals surface area contributed by atoms with Crippen LogP contribution in [-0.4, -0.2) is 41.6 Å². The fourth-order valence-corrected chi connectivity index (χ4v) is 2.49. The highest BCUT2D eigenvalue weighted by atomic mass is 16.6. The summed E-state index contributed by atoms with van der Waals surface area (Å²) in [6.07, 6.45) is 4.12. The van der Waals surface area contributed by atoms with Gasteiger partial charge in [-0.3, -0.25) is 9.69 Å². The van der Waals surface area contributed by atoms with Crippen LogP contribution in [0.3, 0.4) is 0 Å². The quantitative estimate of drug-likeness (QED) is 0.806. The lowest BCUT2D eigenvalue weighted by Crippen LogP contribution is -2.34. The molecule has 0 spiro atoms. The van der Waals surface area contributed by atoms with E-state index < -0.39 is 11.7 Å². The van der Waals surface area contributed by atoms with Crippen molar-refractivity contribution in [2.75, 3.05) is 18.5 Å². The molecule has 0 saturated carbocycles. The third kappa shape index (κ3) is 3.75. The first-order valence-corrected chi connectivity index (χ1v) is 7.45. The zero-order valence-corrected chi connectivity index (χ0v) is 13.6. The van der Waals surface area contributed by atoms with Crippen LogP contribution in [-0.2, 0) is 9.53 Å². The summed E-state index contributed by atoms with van der Waals surface area (Å²) in [5.41, 5.74) is 0.450. The van der Waals surface area contributed by atoms with E-state index >= 15 is 0 Å². The number of aromatic nitrogens is 1. The molecule has 120 valence electrons. The van der Waals surface area contributed by atoms with Crippen molar-refractivity contribution in [3.8, 4) is 0 Å². The number of ether oxygens (including phenoxy) is 1. The van der Waals surface area contributed by atoms with Gasteiger partial charge in [-0.2, -0.15) is 0 Å². The summed E-state index contributed by atoms with van der Waals surface area (Å²) < 4.78 is 5.31. The van der Waals surface area contributed by atoms with Crippen LogP contribution >= 0.6 is 0 Å². The first kappa shape index (κ1) is 16.3. The second kappa shape index (κ2) is 6.34. The van der Waals surface area contributed by atoms with E-state index in [2.05, 4.69) is 4.98 Å². The lowest BCUT2D eigenvalue weighted by molar-refractivity contribution is -0.118. The highest BCUT2D eigenvalue weighted by Gasteiger charge is 2.25. The van der Waals surface area contributed by atoms with Crippen LogP contribution in [0.2, 0.25) is 0 Å². The van der Waals surface area contributed by atoms with Gasteiger partial charge in [-0.15, -0.1) is 0 Å². The van der Waals surface area contributed by atoms with Gasteiger partial charge in [0.1, 0.15) is 11.4 Å². The van der Waals surface area contributed by atoms with Crippen molar-refractivity contribution in [2.24, 2.45) is 0 Å².